The maximum Gasteiger partial charge on any atom is 0.103 e. The van der Waals surface area contributed by atoms with Crippen molar-refractivity contribution < 1.29 is 4.74 Å². The minimum absolute atomic E-state index is 0.0775. The highest BCUT2D eigenvalue weighted by Gasteiger charge is 2.30. The summed E-state index contributed by atoms with van der Waals surface area (Å²) in [7, 11) is 0. The van der Waals surface area contributed by atoms with Crippen LogP contribution in [0.5, 0.6) is 0 Å². The standard InChI is InChI=1S/C13H17N3O/c1-9-6-12(11(7-14)10(2)15-9)16-13(3)4-5-17-8-13/h6H,4-5,8H2,1-3H3,(H,15,16). The summed E-state index contributed by atoms with van der Waals surface area (Å²) < 4.78 is 5.41. The highest BCUT2D eigenvalue weighted by Crippen LogP contribution is 2.27. The number of aromatic nitrogens is 1. The van der Waals surface area contributed by atoms with E-state index in [2.05, 4.69) is 23.3 Å². The second kappa shape index (κ2) is 4.34. The number of nitrogens with zero attached hydrogens (tertiary/aromatic N) is 2. The number of hydrogen-bond acceptors (Lipinski definition) is 4. The highest BCUT2D eigenvalue weighted by molar-refractivity contribution is 5.61. The minimum Gasteiger partial charge on any atom is -0.379 e. The van der Waals surface area contributed by atoms with E-state index in [9.17, 15) is 5.26 Å². The first-order chi connectivity index (χ1) is 8.04. The molecule has 1 N–H and O–H groups in total. The molecule has 4 heteroatoms. The highest BCUT2D eigenvalue weighted by atomic mass is 16.5. The molecule has 1 unspecified atom stereocenters. The van der Waals surface area contributed by atoms with Gasteiger partial charge in [0.2, 0.25) is 0 Å². The number of anilines is 1. The number of pyridine rings is 1. The molecule has 4 nitrogen and oxygen atoms in total. The third-order valence-electron chi connectivity index (χ3n) is 3.10. The quantitative estimate of drug-likeness (QED) is 0.847. The van der Waals surface area contributed by atoms with Gasteiger partial charge in [0.15, 0.2) is 0 Å². The Morgan fingerprint density at radius 3 is 2.88 bits per heavy atom. The van der Waals surface area contributed by atoms with Crippen molar-refractivity contribution in [2.75, 3.05) is 18.5 Å². The van der Waals surface area contributed by atoms with Gasteiger partial charge < -0.3 is 10.1 Å². The van der Waals surface area contributed by atoms with E-state index in [1.807, 2.05) is 19.9 Å². The van der Waals surface area contributed by atoms with E-state index in [0.29, 0.717) is 12.2 Å². The second-order valence-electron chi connectivity index (χ2n) is 4.87. The molecule has 0 aromatic carbocycles. The predicted octanol–water partition coefficient (Wildman–Crippen LogP) is 2.16. The Kier molecular flexibility index (Phi) is 3.03. The molecule has 1 aliphatic rings. The molecule has 0 radical (unpaired) electrons. The van der Waals surface area contributed by atoms with Gasteiger partial charge >= 0.3 is 0 Å². The molecular weight excluding hydrogens is 214 g/mol. The van der Waals surface area contributed by atoms with Crippen LogP contribution in [0.4, 0.5) is 5.69 Å². The lowest BCUT2D eigenvalue weighted by molar-refractivity contribution is 0.185. The van der Waals surface area contributed by atoms with Gasteiger partial charge in [0.05, 0.1) is 29.1 Å². The van der Waals surface area contributed by atoms with Crippen LogP contribution in [0, 0.1) is 25.2 Å². The van der Waals surface area contributed by atoms with Crippen molar-refractivity contribution in [1.29, 1.82) is 5.26 Å². The van der Waals surface area contributed by atoms with E-state index in [-0.39, 0.29) is 5.54 Å². The van der Waals surface area contributed by atoms with Crippen molar-refractivity contribution in [2.24, 2.45) is 0 Å². The van der Waals surface area contributed by atoms with Gasteiger partial charge in [0, 0.05) is 12.3 Å². The summed E-state index contributed by atoms with van der Waals surface area (Å²) in [6.45, 7) is 7.37. The predicted molar refractivity (Wildman–Crippen MR) is 65.9 cm³/mol. The fraction of sp³-hybridized carbons (Fsp3) is 0.538. The molecule has 1 aliphatic heterocycles. The lowest BCUT2D eigenvalue weighted by atomic mass is 10.00. The largest absolute Gasteiger partial charge is 0.379 e. The molecule has 1 fully saturated rings. The van der Waals surface area contributed by atoms with Crippen molar-refractivity contribution in [2.45, 2.75) is 32.7 Å². The first kappa shape index (κ1) is 11.9. The first-order valence-corrected chi connectivity index (χ1v) is 5.78. The van der Waals surface area contributed by atoms with E-state index >= 15 is 0 Å². The van der Waals surface area contributed by atoms with Crippen LogP contribution in [0.2, 0.25) is 0 Å². The minimum atomic E-state index is -0.0775. The normalized spacial score (nSPS) is 23.4. The molecular formula is C13H17N3O. The average Bonchev–Trinajstić information content (AvgIpc) is 2.64. The maximum atomic E-state index is 9.19. The number of hydrogen-bond donors (Lipinski definition) is 1. The molecule has 2 heterocycles. The summed E-state index contributed by atoms with van der Waals surface area (Å²) in [6.07, 6.45) is 0.957. The van der Waals surface area contributed by atoms with Crippen molar-refractivity contribution >= 4 is 5.69 Å². The Morgan fingerprint density at radius 1 is 1.53 bits per heavy atom. The molecule has 0 spiro atoms. The van der Waals surface area contributed by atoms with Crippen LogP contribution in [0.15, 0.2) is 6.07 Å². The Morgan fingerprint density at radius 2 is 2.29 bits per heavy atom. The van der Waals surface area contributed by atoms with Crippen LogP contribution in [0.25, 0.3) is 0 Å². The molecule has 0 aliphatic carbocycles. The summed E-state index contributed by atoms with van der Waals surface area (Å²) in [6, 6.07) is 4.14. The van der Waals surface area contributed by atoms with Crippen molar-refractivity contribution in [3.8, 4) is 6.07 Å². The van der Waals surface area contributed by atoms with E-state index in [4.69, 9.17) is 4.74 Å². The van der Waals surface area contributed by atoms with E-state index < -0.39 is 0 Å². The van der Waals surface area contributed by atoms with Crippen LogP contribution in [0.3, 0.4) is 0 Å². The van der Waals surface area contributed by atoms with Gasteiger partial charge in [-0.1, -0.05) is 0 Å². The molecule has 1 aromatic heterocycles. The fourth-order valence-corrected chi connectivity index (χ4v) is 2.16. The summed E-state index contributed by atoms with van der Waals surface area (Å²) in [5, 5.41) is 12.6. The average molecular weight is 231 g/mol. The zero-order valence-corrected chi connectivity index (χ0v) is 10.5. The van der Waals surface area contributed by atoms with Gasteiger partial charge in [-0.3, -0.25) is 4.98 Å². The van der Waals surface area contributed by atoms with Gasteiger partial charge in [-0.25, -0.2) is 0 Å². The molecule has 1 saturated heterocycles. The molecule has 90 valence electrons. The van der Waals surface area contributed by atoms with Crippen LogP contribution in [-0.4, -0.2) is 23.7 Å². The molecule has 17 heavy (non-hydrogen) atoms. The summed E-state index contributed by atoms with van der Waals surface area (Å²) in [5.41, 5.74) is 3.12. The topological polar surface area (TPSA) is 57.9 Å². The first-order valence-electron chi connectivity index (χ1n) is 5.78. The molecule has 1 aromatic rings. The van der Waals surface area contributed by atoms with Crippen molar-refractivity contribution in [3.05, 3.63) is 23.0 Å². The van der Waals surface area contributed by atoms with Crippen LogP contribution < -0.4 is 5.32 Å². The molecule has 2 rings (SSSR count). The van der Waals surface area contributed by atoms with E-state index in [1.54, 1.807) is 0 Å². The lowest BCUT2D eigenvalue weighted by Gasteiger charge is -2.26. The Hall–Kier alpha value is -1.60. The summed E-state index contributed by atoms with van der Waals surface area (Å²) in [5.74, 6) is 0. The number of nitrogens with one attached hydrogen (secondary N) is 1. The van der Waals surface area contributed by atoms with Gasteiger partial charge in [0.1, 0.15) is 6.07 Å². The van der Waals surface area contributed by atoms with E-state index in [1.165, 1.54) is 0 Å². The molecule has 1 atom stereocenters. The smallest absolute Gasteiger partial charge is 0.103 e. The third kappa shape index (κ3) is 2.40. The molecule has 0 saturated carbocycles. The maximum absolute atomic E-state index is 9.19. The van der Waals surface area contributed by atoms with Gasteiger partial charge in [-0.05, 0) is 33.3 Å². The van der Waals surface area contributed by atoms with Crippen molar-refractivity contribution in [3.63, 3.8) is 0 Å². The van der Waals surface area contributed by atoms with Crippen molar-refractivity contribution in [1.82, 2.24) is 4.98 Å². The number of nitriles is 1. The second-order valence-corrected chi connectivity index (χ2v) is 4.87. The Bertz CT molecular complexity index is 470. The number of aryl methyl sites for hydroxylation is 2. The van der Waals surface area contributed by atoms with Gasteiger partial charge in [0.25, 0.3) is 0 Å². The van der Waals surface area contributed by atoms with E-state index in [0.717, 1.165) is 30.1 Å². The molecule has 0 bridgehead atoms. The van der Waals surface area contributed by atoms with Crippen LogP contribution in [-0.2, 0) is 4.74 Å². The van der Waals surface area contributed by atoms with Crippen LogP contribution in [0.1, 0.15) is 30.3 Å². The lowest BCUT2D eigenvalue weighted by Crippen LogP contribution is -2.35. The Balaban J connectivity index is 2.35. The third-order valence-corrected chi connectivity index (χ3v) is 3.10. The summed E-state index contributed by atoms with van der Waals surface area (Å²) in [4.78, 5) is 4.31. The van der Waals surface area contributed by atoms with Crippen LogP contribution >= 0.6 is 0 Å². The van der Waals surface area contributed by atoms with Gasteiger partial charge in [-0.15, -0.1) is 0 Å². The zero-order chi connectivity index (χ0) is 12.5. The van der Waals surface area contributed by atoms with Gasteiger partial charge in [-0.2, -0.15) is 5.26 Å². The number of rotatable bonds is 2. The zero-order valence-electron chi connectivity index (χ0n) is 10.5. The monoisotopic (exact) mass is 231 g/mol. The summed E-state index contributed by atoms with van der Waals surface area (Å²) >= 11 is 0. The number of ether oxygens (including phenoxy) is 1. The molecule has 0 amide bonds. The SMILES string of the molecule is Cc1cc(NC2(C)CCOC2)c(C#N)c(C)n1. The Labute approximate surface area is 102 Å². The fourth-order valence-electron chi connectivity index (χ4n) is 2.16.